The molecule has 79 heavy (non-hydrogen) atoms. The van der Waals surface area contributed by atoms with E-state index in [4.69, 9.17) is 33.2 Å². The smallest absolute Gasteiger partial charge is 0.200 e. The molecule has 15 nitrogen and oxygen atoms in total. The molecule has 0 radical (unpaired) electrons. The van der Waals surface area contributed by atoms with Crippen LogP contribution in [0.2, 0.25) is 0 Å². The van der Waals surface area contributed by atoms with Crippen LogP contribution in [0.4, 0.5) is 0 Å². The fraction of sp³-hybridized carbons (Fsp3) is 0.250. The van der Waals surface area contributed by atoms with Gasteiger partial charge in [0.1, 0.15) is 40.2 Å². The Labute approximate surface area is 458 Å². The van der Waals surface area contributed by atoms with Gasteiger partial charge in [-0.3, -0.25) is 0 Å². The average molecular weight is 1070 g/mol. The fourth-order valence-electron chi connectivity index (χ4n) is 11.5. The largest absolute Gasteiger partial charge is 0.508 e. The molecule has 1 aliphatic carbocycles. The summed E-state index contributed by atoms with van der Waals surface area (Å²) in [7, 11) is 9.95. The molecule has 0 saturated carbocycles. The first-order chi connectivity index (χ1) is 37.7. The van der Waals surface area contributed by atoms with E-state index in [2.05, 4.69) is 0 Å². The fourth-order valence-corrected chi connectivity index (χ4v) is 11.5. The molecule has 4 atom stereocenters. The van der Waals surface area contributed by atoms with E-state index in [-0.39, 0.29) is 91.8 Å². The maximum Gasteiger partial charge on any atom is 0.200 e. The first kappa shape index (κ1) is 54.5. The quantitative estimate of drug-likeness (QED) is 0.0603. The molecule has 8 aromatic rings. The third-order valence-electron chi connectivity index (χ3n) is 15.4. The second-order valence-corrected chi connectivity index (χ2v) is 20.0. The van der Waals surface area contributed by atoms with Gasteiger partial charge in [0.2, 0.25) is 11.5 Å². The number of benzene rings is 8. The Hall–Kier alpha value is -9.24. The van der Waals surface area contributed by atoms with E-state index in [9.17, 15) is 40.9 Å². The number of hydrogen-bond acceptors (Lipinski definition) is 15. The number of ether oxygens (including phenoxy) is 7. The predicted octanol–water partition coefficient (Wildman–Crippen LogP) is 12.0. The Bertz CT molecular complexity index is 3640. The highest BCUT2D eigenvalue weighted by atomic mass is 16.5. The maximum absolute atomic E-state index is 12.7. The van der Waals surface area contributed by atoms with Crippen LogP contribution in [-0.4, -0.2) is 90.6 Å². The van der Waals surface area contributed by atoms with Gasteiger partial charge in [-0.25, -0.2) is 0 Å². The van der Waals surface area contributed by atoms with Crippen LogP contribution in [0.3, 0.4) is 0 Å². The van der Waals surface area contributed by atoms with Gasteiger partial charge in [-0.1, -0.05) is 18.2 Å². The molecule has 0 saturated heterocycles. The number of phenolic OH excluding ortho intramolecular Hbond substituents is 8. The van der Waals surface area contributed by atoms with E-state index in [1.807, 2.05) is 38.1 Å². The van der Waals surface area contributed by atoms with Gasteiger partial charge in [0, 0.05) is 69.2 Å². The lowest BCUT2D eigenvalue weighted by Crippen LogP contribution is -2.15. The van der Waals surface area contributed by atoms with Gasteiger partial charge in [0.05, 0.1) is 49.8 Å². The normalized spacial score (nSPS) is 15.7. The molecule has 0 heterocycles. The van der Waals surface area contributed by atoms with Crippen molar-refractivity contribution < 1.29 is 74.0 Å². The van der Waals surface area contributed by atoms with E-state index in [1.165, 1.54) is 61.9 Å². The van der Waals surface area contributed by atoms with Crippen LogP contribution in [0.1, 0.15) is 118 Å². The zero-order valence-corrected chi connectivity index (χ0v) is 46.0. The van der Waals surface area contributed by atoms with Crippen molar-refractivity contribution >= 4 is 0 Å². The number of phenols is 8. The molecular formula is C64H64O15. The minimum Gasteiger partial charge on any atom is -0.508 e. The van der Waals surface area contributed by atoms with Gasteiger partial charge in [-0.15, -0.1) is 0 Å². The summed E-state index contributed by atoms with van der Waals surface area (Å²) in [6.45, 7) is 9.04. The predicted molar refractivity (Wildman–Crippen MR) is 298 cm³/mol. The van der Waals surface area contributed by atoms with Crippen LogP contribution in [0, 0.1) is 34.6 Å². The summed E-state index contributed by atoms with van der Waals surface area (Å²) in [6.07, 6.45) is 0. The van der Waals surface area contributed by atoms with Crippen molar-refractivity contribution in [2.75, 3.05) is 49.8 Å². The lowest BCUT2D eigenvalue weighted by molar-refractivity contribution is 0.339. The first-order valence-electron chi connectivity index (χ1n) is 25.3. The minimum absolute atomic E-state index is 0.0382. The minimum atomic E-state index is -1.08. The highest BCUT2D eigenvalue weighted by Gasteiger charge is 2.37. The molecule has 0 aliphatic heterocycles. The summed E-state index contributed by atoms with van der Waals surface area (Å²) in [5.41, 5.74) is 8.35. The van der Waals surface area contributed by atoms with Crippen molar-refractivity contribution in [2.45, 2.75) is 58.3 Å². The van der Waals surface area contributed by atoms with Gasteiger partial charge >= 0.3 is 0 Å². The molecule has 4 unspecified atom stereocenters. The molecule has 410 valence electrons. The van der Waals surface area contributed by atoms with Crippen molar-refractivity contribution in [1.29, 1.82) is 0 Å². The molecule has 0 amide bonds. The van der Waals surface area contributed by atoms with Gasteiger partial charge < -0.3 is 74.0 Å². The van der Waals surface area contributed by atoms with Crippen LogP contribution in [0.5, 0.6) is 86.2 Å². The van der Waals surface area contributed by atoms with Crippen LogP contribution in [0.15, 0.2) is 97.1 Å². The highest BCUT2D eigenvalue weighted by Crippen LogP contribution is 2.55. The third kappa shape index (κ3) is 9.38. The van der Waals surface area contributed by atoms with E-state index < -0.39 is 23.7 Å². The summed E-state index contributed by atoms with van der Waals surface area (Å²) < 4.78 is 41.1. The van der Waals surface area contributed by atoms with Crippen LogP contribution in [-0.2, 0) is 0 Å². The molecule has 1 aliphatic rings. The molecule has 8 bridgehead atoms. The highest BCUT2D eigenvalue weighted by molar-refractivity contribution is 5.69. The van der Waals surface area contributed by atoms with E-state index in [1.54, 1.807) is 81.4 Å². The van der Waals surface area contributed by atoms with Gasteiger partial charge in [0.25, 0.3) is 0 Å². The monoisotopic (exact) mass is 1070 g/mol. The van der Waals surface area contributed by atoms with E-state index >= 15 is 0 Å². The summed E-state index contributed by atoms with van der Waals surface area (Å²) in [5, 5.41) is 95.9. The Morgan fingerprint density at radius 2 is 0.468 bits per heavy atom. The van der Waals surface area contributed by atoms with Gasteiger partial charge in [0.15, 0.2) is 34.5 Å². The number of methoxy groups -OCH3 is 7. The number of aryl methyl sites for hydroxylation is 5. The van der Waals surface area contributed by atoms with E-state index in [0.717, 1.165) is 0 Å². The van der Waals surface area contributed by atoms with Crippen molar-refractivity contribution in [3.8, 4) is 86.2 Å². The molecule has 0 fully saturated rings. The van der Waals surface area contributed by atoms with Crippen molar-refractivity contribution in [3.63, 3.8) is 0 Å². The summed E-state index contributed by atoms with van der Waals surface area (Å²) in [6, 6.07) is 27.2. The SMILES string of the molecule is COc1cc(O)c2cc1C(c1cc(OC)c(O)c(OC)c1)c1cc(c(OC)cc1O)C(c1cc(OC)c(O)c(OC)c1)c1cc(c(C)cc1O)C(c1cc(C)c(O)c(C)c1)c1cc(c(C)cc1O)C2c1cc(C)c(O)c(OC)c1. The van der Waals surface area contributed by atoms with Crippen molar-refractivity contribution in [2.24, 2.45) is 0 Å². The van der Waals surface area contributed by atoms with Crippen LogP contribution < -0.4 is 33.2 Å². The molecule has 8 aromatic carbocycles. The lowest BCUT2D eigenvalue weighted by atomic mass is 9.73. The molecule has 8 N–H and O–H groups in total. The molecule has 0 aromatic heterocycles. The number of rotatable bonds is 11. The molecular weight excluding hydrogens is 1010 g/mol. The van der Waals surface area contributed by atoms with Gasteiger partial charge in [-0.05, 0) is 163 Å². The summed E-state index contributed by atoms with van der Waals surface area (Å²) in [4.78, 5) is 0. The summed E-state index contributed by atoms with van der Waals surface area (Å²) >= 11 is 0. The first-order valence-corrected chi connectivity index (χ1v) is 25.3. The van der Waals surface area contributed by atoms with Crippen molar-refractivity contribution in [3.05, 3.63) is 192 Å². The average Bonchev–Trinajstić information content (AvgIpc) is 3.63. The Morgan fingerprint density at radius 1 is 0.228 bits per heavy atom. The lowest BCUT2D eigenvalue weighted by Gasteiger charge is -2.31. The molecule has 15 heteroatoms. The van der Waals surface area contributed by atoms with Crippen LogP contribution >= 0.6 is 0 Å². The number of hydrogen-bond donors (Lipinski definition) is 8. The second-order valence-electron chi connectivity index (χ2n) is 20.0. The van der Waals surface area contributed by atoms with Crippen LogP contribution in [0.25, 0.3) is 0 Å². The standard InChI is InChI=1S/C64H64O15/c1-29-17-47(66)41-24-38(29)57(34-13-31(3)61(69)32(4)14-34)40-23-39(30(2)16-46(40)65)58(35-15-33(5)62(70)52(18-35)75-8)42-25-44(50(73-6)27-48(42)67)60(37-21-55(78-11)64(72)56(22-37)79-12)43-26-45(51(74-7)28-49(43)68)59(41)36-19-53(76-9)63(71)54(20-36)77-10/h13-28,57-60,65-72H,1-12H3. The van der Waals surface area contributed by atoms with E-state index in [0.29, 0.717) is 89.0 Å². The Morgan fingerprint density at radius 3 is 0.785 bits per heavy atom. The molecule has 9 rings (SSSR count). The third-order valence-corrected chi connectivity index (χ3v) is 15.4. The topological polar surface area (TPSA) is 226 Å². The number of fused-ring (bicyclic) bond motifs is 8. The Kier molecular flexibility index (Phi) is 14.7. The van der Waals surface area contributed by atoms with Crippen molar-refractivity contribution in [1.82, 2.24) is 0 Å². The van der Waals surface area contributed by atoms with Gasteiger partial charge in [-0.2, -0.15) is 0 Å². The zero-order chi connectivity index (χ0) is 57.0. The summed E-state index contributed by atoms with van der Waals surface area (Å²) in [5.74, 6) is -4.37. The Balaban J connectivity index is 1.56. The number of aromatic hydroxyl groups is 8. The maximum atomic E-state index is 12.7. The molecule has 0 spiro atoms. The second kappa shape index (κ2) is 21.3. The zero-order valence-electron chi connectivity index (χ0n) is 46.0.